The van der Waals surface area contributed by atoms with Gasteiger partial charge in [0.1, 0.15) is 5.54 Å². The first kappa shape index (κ1) is 17.6. The fourth-order valence-corrected chi connectivity index (χ4v) is 3.37. The van der Waals surface area contributed by atoms with E-state index in [1.54, 1.807) is 0 Å². The van der Waals surface area contributed by atoms with Gasteiger partial charge in [0.05, 0.1) is 0 Å². The van der Waals surface area contributed by atoms with Crippen molar-refractivity contribution in [3.63, 3.8) is 0 Å². The Hall–Kier alpha value is -2.17. The summed E-state index contributed by atoms with van der Waals surface area (Å²) in [6.07, 6.45) is 0. The molecule has 4 heteroatoms. The first-order valence-electron chi connectivity index (χ1n) is 8.89. The van der Waals surface area contributed by atoms with Crippen molar-refractivity contribution in [3.05, 3.63) is 71.3 Å². The number of aryl methyl sites for hydroxylation is 1. The molecule has 0 aliphatic carbocycles. The molecular formula is C21H27N3O. The molecule has 3 rings (SSSR count). The Morgan fingerprint density at radius 3 is 2.24 bits per heavy atom. The van der Waals surface area contributed by atoms with Crippen LogP contribution in [0.3, 0.4) is 0 Å². The van der Waals surface area contributed by atoms with Crippen LogP contribution in [0.5, 0.6) is 0 Å². The maximum absolute atomic E-state index is 12.9. The number of carbonyl (C=O) groups is 1. The zero-order valence-electron chi connectivity index (χ0n) is 15.1. The standard InChI is InChI=1S/C21H27N3O/c1-17-8-6-7-9-18(17)16-23-12-14-24(15-13-23)20(25)21(2,22)19-10-4-3-5-11-19/h3-11H,12-16,22H2,1-2H3. The van der Waals surface area contributed by atoms with Gasteiger partial charge in [-0.25, -0.2) is 0 Å². The van der Waals surface area contributed by atoms with Crippen LogP contribution in [0.25, 0.3) is 0 Å². The number of rotatable bonds is 4. The van der Waals surface area contributed by atoms with Gasteiger partial charge in [0.25, 0.3) is 0 Å². The molecule has 2 aromatic carbocycles. The summed E-state index contributed by atoms with van der Waals surface area (Å²) in [7, 11) is 0. The summed E-state index contributed by atoms with van der Waals surface area (Å²) in [4.78, 5) is 17.2. The van der Waals surface area contributed by atoms with E-state index in [4.69, 9.17) is 5.73 Å². The molecule has 1 atom stereocenters. The fourth-order valence-electron chi connectivity index (χ4n) is 3.37. The molecule has 0 saturated carbocycles. The van der Waals surface area contributed by atoms with Crippen molar-refractivity contribution in [2.45, 2.75) is 25.9 Å². The summed E-state index contributed by atoms with van der Waals surface area (Å²) in [5, 5.41) is 0. The number of amides is 1. The Morgan fingerprint density at radius 1 is 1.00 bits per heavy atom. The smallest absolute Gasteiger partial charge is 0.247 e. The van der Waals surface area contributed by atoms with Crippen molar-refractivity contribution >= 4 is 5.91 Å². The summed E-state index contributed by atoms with van der Waals surface area (Å²) in [6.45, 7) is 8.11. The number of hydrogen-bond donors (Lipinski definition) is 1. The molecule has 1 unspecified atom stereocenters. The topological polar surface area (TPSA) is 49.6 Å². The maximum atomic E-state index is 12.9. The zero-order valence-corrected chi connectivity index (χ0v) is 15.1. The van der Waals surface area contributed by atoms with E-state index in [1.165, 1.54) is 11.1 Å². The van der Waals surface area contributed by atoms with Gasteiger partial charge in [0.15, 0.2) is 0 Å². The second-order valence-corrected chi connectivity index (χ2v) is 7.06. The Bertz CT molecular complexity index is 719. The number of nitrogens with two attached hydrogens (primary N) is 1. The van der Waals surface area contributed by atoms with E-state index in [1.807, 2.05) is 42.2 Å². The molecule has 1 aliphatic rings. The molecule has 0 radical (unpaired) electrons. The largest absolute Gasteiger partial charge is 0.338 e. The second-order valence-electron chi connectivity index (χ2n) is 7.06. The first-order valence-corrected chi connectivity index (χ1v) is 8.89. The van der Waals surface area contributed by atoms with Gasteiger partial charge in [-0.05, 0) is 30.5 Å². The molecule has 132 valence electrons. The third-order valence-electron chi connectivity index (χ3n) is 5.13. The molecule has 1 heterocycles. The molecule has 4 nitrogen and oxygen atoms in total. The molecule has 0 spiro atoms. The average molecular weight is 337 g/mol. The van der Waals surface area contributed by atoms with Gasteiger partial charge in [-0.3, -0.25) is 9.69 Å². The van der Waals surface area contributed by atoms with E-state index in [2.05, 4.69) is 36.1 Å². The number of hydrogen-bond acceptors (Lipinski definition) is 3. The Kier molecular flexibility index (Phi) is 5.21. The normalized spacial score (nSPS) is 18.0. The van der Waals surface area contributed by atoms with E-state index in [0.29, 0.717) is 0 Å². The van der Waals surface area contributed by atoms with E-state index in [9.17, 15) is 4.79 Å². The lowest BCUT2D eigenvalue weighted by Crippen LogP contribution is -2.56. The lowest BCUT2D eigenvalue weighted by atomic mass is 9.91. The van der Waals surface area contributed by atoms with Crippen LogP contribution < -0.4 is 5.73 Å². The summed E-state index contributed by atoms with van der Waals surface area (Å²) in [5.74, 6) is 0.00856. The molecule has 0 aromatic heterocycles. The van der Waals surface area contributed by atoms with Gasteiger partial charge in [-0.1, -0.05) is 54.6 Å². The monoisotopic (exact) mass is 337 g/mol. The van der Waals surface area contributed by atoms with Gasteiger partial charge in [-0.15, -0.1) is 0 Å². The molecule has 1 fully saturated rings. The molecular weight excluding hydrogens is 310 g/mol. The number of carbonyl (C=O) groups excluding carboxylic acids is 1. The van der Waals surface area contributed by atoms with Crippen LogP contribution in [0, 0.1) is 6.92 Å². The molecule has 2 aromatic rings. The summed E-state index contributed by atoms with van der Waals surface area (Å²) < 4.78 is 0. The molecule has 1 amide bonds. The summed E-state index contributed by atoms with van der Waals surface area (Å²) in [6, 6.07) is 18.1. The van der Waals surface area contributed by atoms with Gasteiger partial charge in [0, 0.05) is 32.7 Å². The lowest BCUT2D eigenvalue weighted by molar-refractivity contribution is -0.138. The lowest BCUT2D eigenvalue weighted by Gasteiger charge is -2.38. The minimum atomic E-state index is -0.973. The Morgan fingerprint density at radius 2 is 1.60 bits per heavy atom. The van der Waals surface area contributed by atoms with Crippen LogP contribution in [0.2, 0.25) is 0 Å². The molecule has 25 heavy (non-hydrogen) atoms. The summed E-state index contributed by atoms with van der Waals surface area (Å²) in [5.41, 5.74) is 8.95. The van der Waals surface area contributed by atoms with Crippen molar-refractivity contribution in [1.82, 2.24) is 9.80 Å². The van der Waals surface area contributed by atoms with Crippen LogP contribution in [0.15, 0.2) is 54.6 Å². The van der Waals surface area contributed by atoms with Gasteiger partial charge >= 0.3 is 0 Å². The first-order chi connectivity index (χ1) is 12.0. The van der Waals surface area contributed by atoms with Crippen molar-refractivity contribution < 1.29 is 4.79 Å². The van der Waals surface area contributed by atoms with Crippen LogP contribution in [-0.2, 0) is 16.9 Å². The highest BCUT2D eigenvalue weighted by Gasteiger charge is 2.35. The van der Waals surface area contributed by atoms with Gasteiger partial charge < -0.3 is 10.6 Å². The molecule has 1 aliphatic heterocycles. The van der Waals surface area contributed by atoms with Crippen molar-refractivity contribution in [2.24, 2.45) is 5.73 Å². The zero-order chi connectivity index (χ0) is 17.9. The van der Waals surface area contributed by atoms with Crippen LogP contribution in [-0.4, -0.2) is 41.9 Å². The average Bonchev–Trinajstić information content (AvgIpc) is 2.64. The number of piperazine rings is 1. The summed E-state index contributed by atoms with van der Waals surface area (Å²) >= 11 is 0. The predicted molar refractivity (Wildman–Crippen MR) is 101 cm³/mol. The molecule has 2 N–H and O–H groups in total. The predicted octanol–water partition coefficient (Wildman–Crippen LogP) is 2.51. The minimum absolute atomic E-state index is 0.00856. The highest BCUT2D eigenvalue weighted by molar-refractivity contribution is 5.87. The fraction of sp³-hybridized carbons (Fsp3) is 0.381. The van der Waals surface area contributed by atoms with E-state index < -0.39 is 5.54 Å². The van der Waals surface area contributed by atoms with E-state index in [-0.39, 0.29) is 5.91 Å². The highest BCUT2D eigenvalue weighted by atomic mass is 16.2. The third kappa shape index (κ3) is 3.91. The third-order valence-corrected chi connectivity index (χ3v) is 5.13. The maximum Gasteiger partial charge on any atom is 0.247 e. The van der Waals surface area contributed by atoms with Gasteiger partial charge in [-0.2, -0.15) is 0 Å². The molecule has 1 saturated heterocycles. The molecule has 0 bridgehead atoms. The van der Waals surface area contributed by atoms with Crippen molar-refractivity contribution in [2.75, 3.05) is 26.2 Å². The highest BCUT2D eigenvalue weighted by Crippen LogP contribution is 2.21. The number of benzene rings is 2. The Labute approximate surface area is 150 Å². The van der Waals surface area contributed by atoms with Crippen molar-refractivity contribution in [1.29, 1.82) is 0 Å². The second kappa shape index (κ2) is 7.38. The van der Waals surface area contributed by atoms with Crippen LogP contribution >= 0.6 is 0 Å². The van der Waals surface area contributed by atoms with E-state index >= 15 is 0 Å². The van der Waals surface area contributed by atoms with Crippen molar-refractivity contribution in [3.8, 4) is 0 Å². The number of nitrogens with zero attached hydrogens (tertiary/aromatic N) is 2. The quantitative estimate of drug-likeness (QED) is 0.933. The SMILES string of the molecule is Cc1ccccc1CN1CCN(C(=O)C(C)(N)c2ccccc2)CC1. The Balaban J connectivity index is 1.60. The van der Waals surface area contributed by atoms with E-state index in [0.717, 1.165) is 38.3 Å². The van der Waals surface area contributed by atoms with Gasteiger partial charge in [0.2, 0.25) is 5.91 Å². The van der Waals surface area contributed by atoms with Crippen LogP contribution in [0.1, 0.15) is 23.6 Å². The van der Waals surface area contributed by atoms with Crippen LogP contribution in [0.4, 0.5) is 0 Å². The minimum Gasteiger partial charge on any atom is -0.338 e.